The Labute approximate surface area is 170 Å². The van der Waals surface area contributed by atoms with E-state index >= 15 is 0 Å². The molecule has 3 rings (SSSR count). The first-order chi connectivity index (χ1) is 14.1. The fraction of sp³-hybridized carbons (Fsp3) is 0.409. The van der Waals surface area contributed by atoms with Gasteiger partial charge >= 0.3 is 0 Å². The molecule has 1 aliphatic rings. The Hall–Kier alpha value is -2.93. The van der Waals surface area contributed by atoms with Gasteiger partial charge in [0.1, 0.15) is 11.3 Å². The summed E-state index contributed by atoms with van der Waals surface area (Å²) in [7, 11) is 1.63. The van der Waals surface area contributed by atoms with Gasteiger partial charge in [0.25, 0.3) is 11.6 Å². The predicted octanol–water partition coefficient (Wildman–Crippen LogP) is 3.95. The molecular formula is C22H27N3O4. The van der Waals surface area contributed by atoms with Crippen LogP contribution in [0.1, 0.15) is 47.6 Å². The minimum Gasteiger partial charge on any atom is -0.497 e. The number of para-hydroxylation sites is 1. The Morgan fingerprint density at radius 3 is 2.38 bits per heavy atom. The number of carbonyl (C=O) groups is 1. The average Bonchev–Trinajstić information content (AvgIpc) is 3.03. The second-order valence-corrected chi connectivity index (χ2v) is 7.22. The molecule has 29 heavy (non-hydrogen) atoms. The summed E-state index contributed by atoms with van der Waals surface area (Å²) in [5, 5.41) is 14.2. The lowest BCUT2D eigenvalue weighted by Gasteiger charge is -2.31. The van der Waals surface area contributed by atoms with Gasteiger partial charge in [-0.1, -0.05) is 37.1 Å². The highest BCUT2D eigenvalue weighted by molar-refractivity contribution is 5.98. The molecule has 0 unspecified atom stereocenters. The van der Waals surface area contributed by atoms with Crippen molar-refractivity contribution in [2.24, 2.45) is 0 Å². The molecule has 0 saturated carbocycles. The van der Waals surface area contributed by atoms with Crippen LogP contribution >= 0.6 is 0 Å². The van der Waals surface area contributed by atoms with Crippen molar-refractivity contribution in [2.75, 3.05) is 26.7 Å². The number of methoxy groups -OCH3 is 1. The third-order valence-electron chi connectivity index (χ3n) is 5.38. The molecule has 1 fully saturated rings. The molecule has 0 bridgehead atoms. The first-order valence-electron chi connectivity index (χ1n) is 10.00. The van der Waals surface area contributed by atoms with Crippen LogP contribution < -0.4 is 10.1 Å². The average molecular weight is 397 g/mol. The van der Waals surface area contributed by atoms with Crippen molar-refractivity contribution in [3.05, 3.63) is 69.8 Å². The number of nitro groups is 1. The molecular weight excluding hydrogens is 370 g/mol. The Morgan fingerprint density at radius 1 is 1.10 bits per heavy atom. The van der Waals surface area contributed by atoms with Gasteiger partial charge < -0.3 is 10.1 Å². The molecule has 0 radical (unpaired) electrons. The molecule has 0 aliphatic carbocycles. The number of carbonyl (C=O) groups excluding carboxylic acids is 1. The van der Waals surface area contributed by atoms with Crippen LogP contribution in [0, 0.1) is 10.1 Å². The van der Waals surface area contributed by atoms with Crippen molar-refractivity contribution in [2.45, 2.75) is 31.7 Å². The van der Waals surface area contributed by atoms with Crippen LogP contribution in [0.5, 0.6) is 5.75 Å². The van der Waals surface area contributed by atoms with Gasteiger partial charge in [0.05, 0.1) is 18.1 Å². The van der Waals surface area contributed by atoms with Gasteiger partial charge in [-0.2, -0.15) is 0 Å². The monoisotopic (exact) mass is 397 g/mol. The van der Waals surface area contributed by atoms with E-state index in [1.165, 1.54) is 25.0 Å². The van der Waals surface area contributed by atoms with Gasteiger partial charge in [0.2, 0.25) is 0 Å². The highest BCUT2D eigenvalue weighted by Gasteiger charge is 2.24. The van der Waals surface area contributed by atoms with Crippen molar-refractivity contribution in [1.82, 2.24) is 10.2 Å². The smallest absolute Gasteiger partial charge is 0.282 e. The lowest BCUT2D eigenvalue weighted by atomic mass is 10.0. The number of amides is 1. The SMILES string of the molecule is COc1ccc([C@@H](CNC(=O)c2ccccc2[N+](=O)[O-])N2CCCCCC2)cc1. The molecule has 1 heterocycles. The molecule has 1 amide bonds. The number of nitrogens with zero attached hydrogens (tertiary/aromatic N) is 2. The van der Waals surface area contributed by atoms with Gasteiger partial charge in [-0.05, 0) is 49.7 Å². The van der Waals surface area contributed by atoms with Crippen molar-refractivity contribution in [3.63, 3.8) is 0 Å². The molecule has 1 N–H and O–H groups in total. The molecule has 1 saturated heterocycles. The van der Waals surface area contributed by atoms with E-state index in [1.54, 1.807) is 19.2 Å². The van der Waals surface area contributed by atoms with E-state index < -0.39 is 10.8 Å². The summed E-state index contributed by atoms with van der Waals surface area (Å²) in [6.07, 6.45) is 4.69. The zero-order valence-electron chi connectivity index (χ0n) is 16.7. The first-order valence-corrected chi connectivity index (χ1v) is 10.00. The predicted molar refractivity (Wildman–Crippen MR) is 111 cm³/mol. The minimum absolute atomic E-state index is 0.00530. The van der Waals surface area contributed by atoms with Crippen LogP contribution in [0.25, 0.3) is 0 Å². The molecule has 0 spiro atoms. The fourth-order valence-corrected chi connectivity index (χ4v) is 3.80. The Bertz CT molecular complexity index is 830. The van der Waals surface area contributed by atoms with E-state index in [-0.39, 0.29) is 17.3 Å². The van der Waals surface area contributed by atoms with Gasteiger partial charge in [0, 0.05) is 12.6 Å². The molecule has 0 aromatic heterocycles. The Morgan fingerprint density at radius 2 is 1.76 bits per heavy atom. The lowest BCUT2D eigenvalue weighted by molar-refractivity contribution is -0.385. The third-order valence-corrected chi connectivity index (χ3v) is 5.38. The summed E-state index contributed by atoms with van der Waals surface area (Å²) in [5.41, 5.74) is 0.998. The van der Waals surface area contributed by atoms with Crippen LogP contribution in [0.2, 0.25) is 0 Å². The number of rotatable bonds is 7. The lowest BCUT2D eigenvalue weighted by Crippen LogP contribution is -2.38. The molecule has 7 heteroatoms. The largest absolute Gasteiger partial charge is 0.497 e. The molecule has 1 atom stereocenters. The second-order valence-electron chi connectivity index (χ2n) is 7.22. The summed E-state index contributed by atoms with van der Waals surface area (Å²) in [5.74, 6) is 0.359. The van der Waals surface area contributed by atoms with E-state index in [4.69, 9.17) is 4.74 Å². The summed E-state index contributed by atoms with van der Waals surface area (Å²) in [4.78, 5) is 25.8. The number of ether oxygens (including phenoxy) is 1. The summed E-state index contributed by atoms with van der Waals surface area (Å²) >= 11 is 0. The zero-order chi connectivity index (χ0) is 20.6. The molecule has 2 aromatic rings. The number of nitro benzene ring substituents is 1. The molecule has 7 nitrogen and oxygen atoms in total. The quantitative estimate of drug-likeness (QED) is 0.565. The summed E-state index contributed by atoms with van der Waals surface area (Å²) in [6.45, 7) is 2.33. The number of likely N-dealkylation sites (tertiary alicyclic amines) is 1. The van der Waals surface area contributed by atoms with E-state index in [0.29, 0.717) is 6.54 Å². The van der Waals surface area contributed by atoms with Crippen LogP contribution in [-0.2, 0) is 0 Å². The molecule has 1 aliphatic heterocycles. The van der Waals surface area contributed by atoms with Crippen molar-refractivity contribution < 1.29 is 14.5 Å². The summed E-state index contributed by atoms with van der Waals surface area (Å²) < 4.78 is 5.26. The third kappa shape index (κ3) is 5.32. The second kappa shape index (κ2) is 10.0. The van der Waals surface area contributed by atoms with Crippen LogP contribution in [0.15, 0.2) is 48.5 Å². The maximum atomic E-state index is 12.7. The highest BCUT2D eigenvalue weighted by atomic mass is 16.6. The van der Waals surface area contributed by atoms with Crippen LogP contribution in [0.3, 0.4) is 0 Å². The zero-order valence-corrected chi connectivity index (χ0v) is 16.7. The maximum absolute atomic E-state index is 12.7. The van der Waals surface area contributed by atoms with Gasteiger partial charge in [0.15, 0.2) is 0 Å². The standard InChI is InChI=1S/C22H27N3O4/c1-29-18-12-10-17(11-13-18)21(24-14-6-2-3-7-15-24)16-23-22(26)19-8-4-5-9-20(19)25(27)28/h4-5,8-13,21H,2-3,6-7,14-16H2,1H3,(H,23,26)/t21-/m1/s1. The van der Waals surface area contributed by atoms with Crippen molar-refractivity contribution in [1.29, 1.82) is 0 Å². The molecule has 2 aromatic carbocycles. The van der Waals surface area contributed by atoms with E-state index in [9.17, 15) is 14.9 Å². The minimum atomic E-state index is -0.523. The van der Waals surface area contributed by atoms with Gasteiger partial charge in [-0.3, -0.25) is 19.8 Å². The normalized spacial score (nSPS) is 15.9. The fourth-order valence-electron chi connectivity index (χ4n) is 3.80. The summed E-state index contributed by atoms with van der Waals surface area (Å²) in [6, 6.07) is 13.9. The van der Waals surface area contributed by atoms with Crippen LogP contribution in [0.4, 0.5) is 5.69 Å². The van der Waals surface area contributed by atoms with Crippen molar-refractivity contribution in [3.8, 4) is 5.75 Å². The highest BCUT2D eigenvalue weighted by Crippen LogP contribution is 2.26. The topological polar surface area (TPSA) is 84.7 Å². The number of benzene rings is 2. The Kier molecular flexibility index (Phi) is 7.19. The van der Waals surface area contributed by atoms with E-state index in [0.717, 1.165) is 37.2 Å². The van der Waals surface area contributed by atoms with Gasteiger partial charge in [-0.25, -0.2) is 0 Å². The van der Waals surface area contributed by atoms with Crippen molar-refractivity contribution >= 4 is 11.6 Å². The van der Waals surface area contributed by atoms with E-state index in [2.05, 4.69) is 10.2 Å². The maximum Gasteiger partial charge on any atom is 0.282 e. The number of hydrogen-bond acceptors (Lipinski definition) is 5. The van der Waals surface area contributed by atoms with Crippen LogP contribution in [-0.4, -0.2) is 42.5 Å². The Balaban J connectivity index is 1.79. The van der Waals surface area contributed by atoms with E-state index in [1.807, 2.05) is 24.3 Å². The number of hydrogen-bond donors (Lipinski definition) is 1. The number of nitrogens with one attached hydrogen (secondary N) is 1. The first kappa shape index (κ1) is 20.8. The van der Waals surface area contributed by atoms with Gasteiger partial charge in [-0.15, -0.1) is 0 Å². The molecule has 154 valence electrons.